The van der Waals surface area contributed by atoms with Crippen LogP contribution in [0.4, 0.5) is 16.2 Å². The van der Waals surface area contributed by atoms with E-state index in [1.54, 1.807) is 11.1 Å². The summed E-state index contributed by atoms with van der Waals surface area (Å²) in [5, 5.41) is 2.97. The van der Waals surface area contributed by atoms with Gasteiger partial charge in [0.2, 0.25) is 0 Å². The van der Waals surface area contributed by atoms with Crippen molar-refractivity contribution in [1.82, 2.24) is 5.32 Å². The minimum Gasteiger partial charge on any atom is -0.332 e. The van der Waals surface area contributed by atoms with Crippen LogP contribution in [-0.2, 0) is 0 Å². The average Bonchev–Trinajstić information content (AvgIpc) is 2.87. The van der Waals surface area contributed by atoms with E-state index in [0.29, 0.717) is 6.54 Å². The number of urea groups is 1. The van der Waals surface area contributed by atoms with E-state index in [1.807, 2.05) is 48.5 Å². The number of aliphatic imine (C=N–C) groups is 1. The van der Waals surface area contributed by atoms with E-state index in [-0.39, 0.29) is 18.4 Å². The molecule has 5 heteroatoms. The first-order chi connectivity index (χ1) is 13.3. The summed E-state index contributed by atoms with van der Waals surface area (Å²) in [6, 6.07) is 15.7. The van der Waals surface area contributed by atoms with Gasteiger partial charge in [0, 0.05) is 12.8 Å². The van der Waals surface area contributed by atoms with Gasteiger partial charge >= 0.3 is 6.03 Å². The molecule has 2 aromatic rings. The maximum absolute atomic E-state index is 13.0. The zero-order valence-corrected chi connectivity index (χ0v) is 17.1. The summed E-state index contributed by atoms with van der Waals surface area (Å²) < 4.78 is 0. The molecule has 0 bridgehead atoms. The molecular formula is C23H28ClN3O. The molecule has 148 valence electrons. The van der Waals surface area contributed by atoms with Gasteiger partial charge in [-0.3, -0.25) is 9.89 Å². The third-order valence-corrected chi connectivity index (χ3v) is 4.62. The molecule has 1 aliphatic heterocycles. The normalized spacial score (nSPS) is 12.1. The largest absolute Gasteiger partial charge is 0.332 e. The molecule has 0 saturated heterocycles. The van der Waals surface area contributed by atoms with Crippen molar-refractivity contribution in [2.45, 2.75) is 32.6 Å². The predicted octanol–water partition coefficient (Wildman–Crippen LogP) is 6.09. The van der Waals surface area contributed by atoms with Gasteiger partial charge in [0.15, 0.2) is 0 Å². The third-order valence-electron chi connectivity index (χ3n) is 4.62. The second kappa shape index (κ2) is 11.3. The van der Waals surface area contributed by atoms with Crippen molar-refractivity contribution in [1.29, 1.82) is 0 Å². The van der Waals surface area contributed by atoms with E-state index < -0.39 is 0 Å². The van der Waals surface area contributed by atoms with Gasteiger partial charge in [-0.15, -0.1) is 12.4 Å². The zero-order chi connectivity index (χ0) is 18.9. The fraction of sp³-hybridized carbons (Fsp3) is 0.304. The predicted molar refractivity (Wildman–Crippen MR) is 122 cm³/mol. The van der Waals surface area contributed by atoms with Crippen molar-refractivity contribution in [2.75, 3.05) is 18.0 Å². The van der Waals surface area contributed by atoms with E-state index in [9.17, 15) is 4.79 Å². The van der Waals surface area contributed by atoms with Gasteiger partial charge in [0.25, 0.3) is 0 Å². The topological polar surface area (TPSA) is 44.7 Å². The van der Waals surface area contributed by atoms with Crippen LogP contribution < -0.4 is 10.2 Å². The summed E-state index contributed by atoms with van der Waals surface area (Å²) in [4.78, 5) is 19.1. The number of halogens is 1. The molecular weight excluding hydrogens is 370 g/mol. The van der Waals surface area contributed by atoms with Crippen LogP contribution >= 0.6 is 12.4 Å². The number of carbonyl (C=O) groups excluding carboxylic acids is 1. The lowest BCUT2D eigenvalue weighted by Crippen LogP contribution is -2.38. The van der Waals surface area contributed by atoms with Gasteiger partial charge in [0.1, 0.15) is 0 Å². The molecule has 0 aliphatic carbocycles. The molecule has 2 amide bonds. The Morgan fingerprint density at radius 1 is 0.964 bits per heavy atom. The highest BCUT2D eigenvalue weighted by molar-refractivity contribution is 6.05. The zero-order valence-electron chi connectivity index (χ0n) is 16.3. The maximum Gasteiger partial charge on any atom is 0.326 e. The van der Waals surface area contributed by atoms with Gasteiger partial charge in [-0.05, 0) is 29.7 Å². The molecule has 1 N–H and O–H groups in total. The number of nitrogens with one attached hydrogen (secondary N) is 1. The smallest absolute Gasteiger partial charge is 0.326 e. The summed E-state index contributed by atoms with van der Waals surface area (Å²) in [7, 11) is 0. The van der Waals surface area contributed by atoms with Crippen molar-refractivity contribution in [2.24, 2.45) is 4.99 Å². The highest BCUT2D eigenvalue weighted by Gasteiger charge is 2.23. The summed E-state index contributed by atoms with van der Waals surface area (Å²) in [5.74, 6) is 0. The van der Waals surface area contributed by atoms with Gasteiger partial charge in [-0.25, -0.2) is 4.79 Å². The Balaban J connectivity index is 0.00000280. The van der Waals surface area contributed by atoms with Crippen molar-refractivity contribution >= 4 is 48.2 Å². The van der Waals surface area contributed by atoms with Gasteiger partial charge in [-0.2, -0.15) is 0 Å². The third kappa shape index (κ3) is 5.46. The molecule has 1 heterocycles. The Morgan fingerprint density at radius 3 is 2.18 bits per heavy atom. The minimum absolute atomic E-state index is 0. The van der Waals surface area contributed by atoms with Crippen molar-refractivity contribution in [3.8, 4) is 0 Å². The molecule has 0 aromatic heterocycles. The van der Waals surface area contributed by atoms with E-state index in [2.05, 4.69) is 29.4 Å². The lowest BCUT2D eigenvalue weighted by molar-refractivity contribution is 0.250. The van der Waals surface area contributed by atoms with Crippen LogP contribution in [0.25, 0.3) is 12.2 Å². The molecule has 0 radical (unpaired) electrons. The number of benzene rings is 2. The second-order valence-corrected chi connectivity index (χ2v) is 6.62. The fourth-order valence-corrected chi connectivity index (χ4v) is 3.19. The number of fused-ring (bicyclic) bond motifs is 2. The van der Waals surface area contributed by atoms with E-state index in [0.717, 1.165) is 35.5 Å². The number of hydrogen-bond acceptors (Lipinski definition) is 2. The molecule has 3 rings (SSSR count). The maximum atomic E-state index is 13.0. The SMILES string of the molecule is CCCCCCN=CCNC(=O)N1c2ccccc2C=Cc2ccccc21.Cl. The standard InChI is InChI=1S/C23H27N3O.ClH/c1-2-3-4-9-16-24-17-18-25-23(27)26-21-12-7-5-10-19(21)14-15-20-11-6-8-13-22(20)26;/h5-8,10-15,17H,2-4,9,16,18H2,1H3,(H,25,27);1H. The molecule has 0 atom stereocenters. The van der Waals surface area contributed by atoms with Crippen LogP contribution in [0.2, 0.25) is 0 Å². The molecule has 2 aromatic carbocycles. The number of carbonyl (C=O) groups is 1. The highest BCUT2D eigenvalue weighted by atomic mass is 35.5. The number of rotatable bonds is 7. The van der Waals surface area contributed by atoms with E-state index in [1.165, 1.54) is 19.3 Å². The molecule has 4 nitrogen and oxygen atoms in total. The summed E-state index contributed by atoms with van der Waals surface area (Å²) in [5.41, 5.74) is 3.81. The van der Waals surface area contributed by atoms with Gasteiger partial charge < -0.3 is 5.32 Å². The first kappa shape index (κ1) is 21.7. The second-order valence-electron chi connectivity index (χ2n) is 6.62. The molecule has 0 unspecified atom stereocenters. The Kier molecular flexibility index (Phi) is 8.76. The van der Waals surface area contributed by atoms with Crippen LogP contribution in [-0.4, -0.2) is 25.3 Å². The monoisotopic (exact) mass is 397 g/mol. The molecule has 28 heavy (non-hydrogen) atoms. The highest BCUT2D eigenvalue weighted by Crippen LogP contribution is 2.35. The summed E-state index contributed by atoms with van der Waals surface area (Å²) in [6.07, 6.45) is 10.7. The summed E-state index contributed by atoms with van der Waals surface area (Å²) in [6.45, 7) is 3.46. The quantitative estimate of drug-likeness (QED) is 0.445. The van der Waals surface area contributed by atoms with Crippen LogP contribution in [0.1, 0.15) is 43.7 Å². The Labute approximate surface area is 173 Å². The van der Waals surface area contributed by atoms with Crippen LogP contribution in [0.3, 0.4) is 0 Å². The van der Waals surface area contributed by atoms with Crippen molar-refractivity contribution < 1.29 is 4.79 Å². The Morgan fingerprint density at radius 2 is 1.57 bits per heavy atom. The molecule has 0 fully saturated rings. The number of para-hydroxylation sites is 2. The van der Waals surface area contributed by atoms with Crippen LogP contribution in [0.5, 0.6) is 0 Å². The number of amides is 2. The van der Waals surface area contributed by atoms with Gasteiger partial charge in [0.05, 0.1) is 17.9 Å². The average molecular weight is 398 g/mol. The first-order valence-electron chi connectivity index (χ1n) is 9.73. The van der Waals surface area contributed by atoms with E-state index >= 15 is 0 Å². The Bertz CT molecular complexity index is 783. The molecule has 0 spiro atoms. The van der Waals surface area contributed by atoms with Crippen molar-refractivity contribution in [3.05, 3.63) is 59.7 Å². The van der Waals surface area contributed by atoms with Gasteiger partial charge in [-0.1, -0.05) is 74.7 Å². The summed E-state index contributed by atoms with van der Waals surface area (Å²) >= 11 is 0. The number of anilines is 2. The van der Waals surface area contributed by atoms with Crippen molar-refractivity contribution in [3.63, 3.8) is 0 Å². The number of nitrogens with zero attached hydrogens (tertiary/aromatic N) is 2. The fourth-order valence-electron chi connectivity index (χ4n) is 3.19. The number of unbranched alkanes of at least 4 members (excludes halogenated alkanes) is 3. The first-order valence-corrected chi connectivity index (χ1v) is 9.73. The van der Waals surface area contributed by atoms with Crippen LogP contribution in [0.15, 0.2) is 53.5 Å². The minimum atomic E-state index is -0.143. The Hall–Kier alpha value is -2.59. The lowest BCUT2D eigenvalue weighted by Gasteiger charge is -2.24. The number of hydrogen-bond donors (Lipinski definition) is 1. The lowest BCUT2D eigenvalue weighted by atomic mass is 10.1. The van der Waals surface area contributed by atoms with E-state index in [4.69, 9.17) is 0 Å². The van der Waals surface area contributed by atoms with Crippen LogP contribution in [0, 0.1) is 0 Å². The molecule has 1 aliphatic rings. The molecule has 0 saturated carbocycles.